The van der Waals surface area contributed by atoms with Gasteiger partial charge in [0.25, 0.3) is 0 Å². The van der Waals surface area contributed by atoms with Crippen molar-refractivity contribution in [1.29, 1.82) is 0 Å². The Morgan fingerprint density at radius 2 is 1.76 bits per heavy atom. The molecule has 1 saturated heterocycles. The van der Waals surface area contributed by atoms with E-state index in [4.69, 9.17) is 0 Å². The van der Waals surface area contributed by atoms with E-state index in [1.54, 1.807) is 0 Å². The van der Waals surface area contributed by atoms with Crippen LogP contribution in [0, 0.1) is 11.8 Å². The molecule has 3 aliphatic rings. The summed E-state index contributed by atoms with van der Waals surface area (Å²) in [7, 11) is 0. The van der Waals surface area contributed by atoms with Crippen molar-refractivity contribution >= 4 is 34.2 Å². The van der Waals surface area contributed by atoms with E-state index >= 15 is 0 Å². The molecule has 0 atom stereocenters. The summed E-state index contributed by atoms with van der Waals surface area (Å²) in [6.45, 7) is 2.08. The Labute approximate surface area is 174 Å². The van der Waals surface area contributed by atoms with E-state index in [2.05, 4.69) is 10.6 Å². The molecule has 1 aliphatic heterocycles. The maximum atomic E-state index is 12.4. The van der Waals surface area contributed by atoms with Gasteiger partial charge in [-0.15, -0.1) is 11.3 Å². The zero-order chi connectivity index (χ0) is 20.4. The van der Waals surface area contributed by atoms with Crippen molar-refractivity contribution in [3.8, 4) is 0 Å². The summed E-state index contributed by atoms with van der Waals surface area (Å²) < 4.78 is 0. The molecule has 158 valence electrons. The molecule has 2 heterocycles. The second kappa shape index (κ2) is 8.73. The summed E-state index contributed by atoms with van der Waals surface area (Å²) in [5.41, 5.74) is 1.16. The van der Waals surface area contributed by atoms with E-state index in [9.17, 15) is 19.5 Å². The Bertz CT molecular complexity index is 794. The molecule has 1 aromatic rings. The highest BCUT2D eigenvalue weighted by Gasteiger charge is 2.32. The molecule has 4 rings (SSSR count). The monoisotopic (exact) mass is 419 g/mol. The minimum Gasteiger partial charge on any atom is -0.478 e. The molecule has 29 heavy (non-hydrogen) atoms. The van der Waals surface area contributed by atoms with E-state index in [1.807, 2.05) is 4.90 Å². The number of aryl methyl sites for hydroxylation is 1. The minimum absolute atomic E-state index is 0.246. The Kier molecular flexibility index (Phi) is 6.08. The molecule has 0 radical (unpaired) electrons. The minimum atomic E-state index is -0.969. The Balaban J connectivity index is 1.26. The zero-order valence-corrected chi connectivity index (χ0v) is 17.5. The fourth-order valence-electron chi connectivity index (χ4n) is 4.54. The lowest BCUT2D eigenvalue weighted by Gasteiger charge is -2.36. The number of thiophene rings is 1. The lowest BCUT2D eigenvalue weighted by Crippen LogP contribution is -2.45. The van der Waals surface area contributed by atoms with Gasteiger partial charge in [-0.05, 0) is 62.8 Å². The molecule has 3 N–H and O–H groups in total. The van der Waals surface area contributed by atoms with Gasteiger partial charge in [0.1, 0.15) is 5.00 Å². The van der Waals surface area contributed by atoms with Crippen molar-refractivity contribution in [3.05, 3.63) is 16.0 Å². The van der Waals surface area contributed by atoms with Crippen LogP contribution in [0.5, 0.6) is 0 Å². The Morgan fingerprint density at radius 3 is 2.41 bits per heavy atom. The number of nitrogens with one attached hydrogen (secondary N) is 2. The van der Waals surface area contributed by atoms with Crippen molar-refractivity contribution in [3.63, 3.8) is 0 Å². The molecular formula is C21H29N3O4S. The molecule has 0 aromatic carbocycles. The molecule has 1 saturated carbocycles. The van der Waals surface area contributed by atoms with Gasteiger partial charge in [0.15, 0.2) is 0 Å². The van der Waals surface area contributed by atoms with E-state index in [0.717, 1.165) is 74.9 Å². The molecule has 0 unspecified atom stereocenters. The van der Waals surface area contributed by atoms with Gasteiger partial charge in [-0.2, -0.15) is 0 Å². The maximum Gasteiger partial charge on any atom is 0.339 e. The number of hydrogen-bond acceptors (Lipinski definition) is 4. The van der Waals surface area contributed by atoms with E-state index in [1.165, 1.54) is 17.8 Å². The molecule has 1 aromatic heterocycles. The maximum absolute atomic E-state index is 12.4. The highest BCUT2D eigenvalue weighted by Crippen LogP contribution is 2.38. The quantitative estimate of drug-likeness (QED) is 0.680. The third-order valence-corrected chi connectivity index (χ3v) is 7.75. The Morgan fingerprint density at radius 1 is 1.03 bits per heavy atom. The number of aromatic carboxylic acids is 1. The fraction of sp³-hybridized carbons (Fsp3) is 0.667. The topological polar surface area (TPSA) is 98.7 Å². The average molecular weight is 420 g/mol. The van der Waals surface area contributed by atoms with E-state index in [-0.39, 0.29) is 17.5 Å². The number of carbonyl (C=O) groups is 3. The number of nitrogens with zero attached hydrogens (tertiary/aromatic N) is 1. The molecule has 0 spiro atoms. The standard InChI is InChI=1S/C21H29N3O4S/c25-19(14-4-3-5-14)24-10-8-13(9-11-24)12-22-21(28)23-18-17(20(26)27)15-6-1-2-7-16(15)29-18/h13-14H,1-12H2,(H,26,27)(H2,22,23,28). The largest absolute Gasteiger partial charge is 0.478 e. The van der Waals surface area contributed by atoms with Crippen LogP contribution in [0.3, 0.4) is 0 Å². The van der Waals surface area contributed by atoms with Gasteiger partial charge in [-0.1, -0.05) is 6.42 Å². The third-order valence-electron chi connectivity index (χ3n) is 6.54. The van der Waals surface area contributed by atoms with Crippen LogP contribution in [0.25, 0.3) is 0 Å². The number of carboxylic acid groups (broad SMARTS) is 1. The third kappa shape index (κ3) is 4.42. The van der Waals surface area contributed by atoms with Gasteiger partial charge in [0.2, 0.25) is 5.91 Å². The number of rotatable bonds is 5. The average Bonchev–Trinajstić information content (AvgIpc) is 3.03. The second-order valence-corrected chi connectivity index (χ2v) is 9.56. The summed E-state index contributed by atoms with van der Waals surface area (Å²) in [6, 6.07) is -0.348. The summed E-state index contributed by atoms with van der Waals surface area (Å²) in [6.07, 6.45) is 8.76. The lowest BCUT2D eigenvalue weighted by atomic mass is 9.83. The van der Waals surface area contributed by atoms with Gasteiger partial charge < -0.3 is 15.3 Å². The van der Waals surface area contributed by atoms with Crippen LogP contribution in [-0.2, 0) is 17.6 Å². The van der Waals surface area contributed by atoms with Gasteiger partial charge in [-0.25, -0.2) is 9.59 Å². The predicted octanol–water partition coefficient (Wildman–Crippen LogP) is 3.49. The number of urea groups is 1. The molecule has 2 aliphatic carbocycles. The van der Waals surface area contributed by atoms with Crippen LogP contribution in [0.2, 0.25) is 0 Å². The molecule has 7 nitrogen and oxygen atoms in total. The number of piperidine rings is 1. The van der Waals surface area contributed by atoms with Crippen molar-refractivity contribution in [2.45, 2.75) is 57.8 Å². The number of amides is 3. The van der Waals surface area contributed by atoms with Crippen molar-refractivity contribution in [2.24, 2.45) is 11.8 Å². The highest BCUT2D eigenvalue weighted by molar-refractivity contribution is 7.17. The van der Waals surface area contributed by atoms with Crippen LogP contribution in [0.15, 0.2) is 0 Å². The summed E-state index contributed by atoms with van der Waals surface area (Å²) in [4.78, 5) is 39.5. The summed E-state index contributed by atoms with van der Waals surface area (Å²) in [5, 5.41) is 15.7. The number of fused-ring (bicyclic) bond motifs is 1. The van der Waals surface area contributed by atoms with Crippen LogP contribution in [0.4, 0.5) is 9.80 Å². The zero-order valence-electron chi connectivity index (χ0n) is 16.7. The normalized spacial score (nSPS) is 19.9. The fourth-order valence-corrected chi connectivity index (χ4v) is 5.81. The number of anilines is 1. The number of hydrogen-bond donors (Lipinski definition) is 3. The van der Waals surface area contributed by atoms with Gasteiger partial charge in [0.05, 0.1) is 5.56 Å². The van der Waals surface area contributed by atoms with Crippen LogP contribution in [0.1, 0.15) is 65.7 Å². The highest BCUT2D eigenvalue weighted by atomic mass is 32.1. The first-order chi connectivity index (χ1) is 14.0. The predicted molar refractivity (Wildman–Crippen MR) is 112 cm³/mol. The lowest BCUT2D eigenvalue weighted by molar-refractivity contribution is -0.139. The Hall–Kier alpha value is -2.09. The molecule has 0 bridgehead atoms. The van der Waals surface area contributed by atoms with Crippen molar-refractivity contribution in [1.82, 2.24) is 10.2 Å². The summed E-state index contributed by atoms with van der Waals surface area (Å²) in [5.74, 6) is -0.0661. The van der Waals surface area contributed by atoms with Crippen molar-refractivity contribution in [2.75, 3.05) is 25.0 Å². The van der Waals surface area contributed by atoms with E-state index in [0.29, 0.717) is 23.4 Å². The molecule has 3 amide bonds. The van der Waals surface area contributed by atoms with Crippen LogP contribution >= 0.6 is 11.3 Å². The number of carbonyl (C=O) groups excluding carboxylic acids is 2. The van der Waals surface area contributed by atoms with Gasteiger partial charge in [0, 0.05) is 30.4 Å². The van der Waals surface area contributed by atoms with Crippen molar-refractivity contribution < 1.29 is 19.5 Å². The van der Waals surface area contributed by atoms with E-state index < -0.39 is 5.97 Å². The summed E-state index contributed by atoms with van der Waals surface area (Å²) >= 11 is 1.40. The van der Waals surface area contributed by atoms with Crippen LogP contribution in [-0.4, -0.2) is 47.5 Å². The first kappa shape index (κ1) is 20.2. The molecule has 2 fully saturated rings. The molecule has 8 heteroatoms. The molecular weight excluding hydrogens is 390 g/mol. The number of likely N-dealkylation sites (tertiary alicyclic amines) is 1. The van der Waals surface area contributed by atoms with Gasteiger partial charge >= 0.3 is 12.0 Å². The SMILES string of the molecule is O=C(NCC1CCN(C(=O)C2CCC2)CC1)Nc1sc2c(c1C(=O)O)CCCC2. The van der Waals surface area contributed by atoms with Crippen LogP contribution < -0.4 is 10.6 Å². The second-order valence-electron chi connectivity index (χ2n) is 8.45. The number of carboxylic acids is 1. The first-order valence-corrected chi connectivity index (χ1v) is 11.6. The smallest absolute Gasteiger partial charge is 0.339 e. The van der Waals surface area contributed by atoms with Gasteiger partial charge in [-0.3, -0.25) is 10.1 Å². The first-order valence-electron chi connectivity index (χ1n) is 10.7.